The van der Waals surface area contributed by atoms with Gasteiger partial charge >= 0.3 is 6.18 Å². The van der Waals surface area contributed by atoms with Crippen molar-refractivity contribution in [3.05, 3.63) is 101 Å². The Hall–Kier alpha value is -3.29. The van der Waals surface area contributed by atoms with Crippen LogP contribution in [0.15, 0.2) is 78.9 Å². The second-order valence-electron chi connectivity index (χ2n) is 5.92. The summed E-state index contributed by atoms with van der Waals surface area (Å²) in [5.41, 5.74) is -2.20. The summed E-state index contributed by atoms with van der Waals surface area (Å²) in [4.78, 5) is 12.0. The lowest BCUT2D eigenvalue weighted by molar-refractivity contribution is -0.138. The lowest BCUT2D eigenvalue weighted by atomic mass is 9.99. The fraction of sp³-hybridized carbons (Fsp3) is 0.0952. The van der Waals surface area contributed by atoms with Crippen molar-refractivity contribution in [2.24, 2.45) is 0 Å². The minimum atomic E-state index is -4.59. The molecule has 2 nitrogen and oxygen atoms in total. The van der Waals surface area contributed by atoms with E-state index >= 15 is 0 Å². The predicted molar refractivity (Wildman–Crippen MR) is 97.9 cm³/mol. The largest absolute Gasteiger partial charge is 0.416 e. The molecule has 0 unspecified atom stereocenters. The second kappa shape index (κ2) is 8.81. The maximum absolute atomic E-state index is 14.4. The van der Waals surface area contributed by atoms with E-state index in [9.17, 15) is 31.1 Å². The Bertz CT molecular complexity index is 991. The number of hydrogen-bond donors (Lipinski definition) is 1. The number of halogens is 6. The monoisotopic (exact) mass is 411 g/mol. The fourth-order valence-electron chi connectivity index (χ4n) is 2.58. The molecule has 2 aromatic carbocycles. The molecule has 0 saturated carbocycles. The van der Waals surface area contributed by atoms with Crippen molar-refractivity contribution in [1.82, 2.24) is 0 Å². The lowest BCUT2D eigenvalue weighted by Crippen LogP contribution is -2.16. The van der Waals surface area contributed by atoms with Gasteiger partial charge in [0, 0.05) is 12.1 Å². The predicted octanol–water partition coefficient (Wildman–Crippen LogP) is 6.27. The summed E-state index contributed by atoms with van der Waals surface area (Å²) in [6, 6.07) is 7.99. The zero-order valence-corrected chi connectivity index (χ0v) is 14.9. The summed E-state index contributed by atoms with van der Waals surface area (Å²) in [6.45, 7) is 5.94. The first-order valence-electron chi connectivity index (χ1n) is 8.16. The number of hydrogen-bond acceptors (Lipinski definition) is 1. The van der Waals surface area contributed by atoms with Crippen LogP contribution in [0.1, 0.15) is 16.7 Å². The highest BCUT2D eigenvalue weighted by molar-refractivity contribution is 6.07. The van der Waals surface area contributed by atoms with Crippen molar-refractivity contribution in [1.29, 1.82) is 0 Å². The second-order valence-corrected chi connectivity index (χ2v) is 5.92. The Morgan fingerprint density at radius 3 is 2.28 bits per heavy atom. The fourth-order valence-corrected chi connectivity index (χ4v) is 2.58. The molecule has 152 valence electrons. The number of benzene rings is 2. The van der Waals surface area contributed by atoms with Crippen LogP contribution in [0, 0.1) is 5.82 Å². The molecule has 8 heteroatoms. The molecule has 0 atom stereocenters. The molecule has 0 aromatic heterocycles. The van der Waals surface area contributed by atoms with Crippen LogP contribution in [0.5, 0.6) is 0 Å². The van der Waals surface area contributed by atoms with E-state index in [4.69, 9.17) is 0 Å². The smallest absolute Gasteiger partial charge is 0.322 e. The van der Waals surface area contributed by atoms with Crippen LogP contribution in [0.4, 0.5) is 32.0 Å². The molecular weight excluding hydrogens is 396 g/mol. The van der Waals surface area contributed by atoms with Crippen molar-refractivity contribution in [2.75, 3.05) is 5.32 Å². The molecule has 1 N–H and O–H groups in total. The minimum absolute atomic E-state index is 0.0531. The first-order valence-corrected chi connectivity index (χ1v) is 8.16. The molecule has 0 aliphatic heterocycles. The number of amides is 1. The van der Waals surface area contributed by atoms with Crippen molar-refractivity contribution < 1.29 is 31.1 Å². The minimum Gasteiger partial charge on any atom is -0.322 e. The number of nitrogens with one attached hydrogen (secondary N) is 1. The molecule has 0 bridgehead atoms. The summed E-state index contributed by atoms with van der Waals surface area (Å²) in [6.07, 6.45) is -4.32. The molecule has 0 aliphatic rings. The van der Waals surface area contributed by atoms with Gasteiger partial charge in [-0.1, -0.05) is 37.4 Å². The number of alkyl halides is 3. The van der Waals surface area contributed by atoms with Crippen LogP contribution in [0.25, 0.3) is 0 Å². The zero-order chi connectivity index (χ0) is 21.8. The summed E-state index contributed by atoms with van der Waals surface area (Å²) in [5, 5.41) is 2.10. The Labute approximate surface area is 162 Å². The third kappa shape index (κ3) is 5.37. The number of allylic oxidation sites excluding steroid dienone is 2. The first-order chi connectivity index (χ1) is 13.5. The van der Waals surface area contributed by atoms with Crippen LogP contribution in [-0.2, 0) is 17.4 Å². The van der Waals surface area contributed by atoms with Gasteiger partial charge in [0.15, 0.2) is 0 Å². The van der Waals surface area contributed by atoms with Crippen LogP contribution < -0.4 is 5.32 Å². The molecule has 0 saturated heterocycles. The number of carbonyl (C=O) groups is 1. The van der Waals surface area contributed by atoms with Gasteiger partial charge in [0.25, 0.3) is 5.91 Å². The van der Waals surface area contributed by atoms with Gasteiger partial charge in [-0.15, -0.1) is 0 Å². The lowest BCUT2D eigenvalue weighted by Gasteiger charge is -2.14. The van der Waals surface area contributed by atoms with Crippen LogP contribution >= 0.6 is 0 Å². The summed E-state index contributed by atoms with van der Waals surface area (Å²) in [7, 11) is 0. The van der Waals surface area contributed by atoms with Crippen molar-refractivity contribution >= 4 is 11.6 Å². The third-order valence-corrected chi connectivity index (χ3v) is 3.93. The normalized spacial score (nSPS) is 12.2. The highest BCUT2D eigenvalue weighted by Crippen LogP contribution is 2.33. The van der Waals surface area contributed by atoms with Crippen molar-refractivity contribution in [2.45, 2.75) is 12.6 Å². The topological polar surface area (TPSA) is 29.1 Å². The standard InChI is InChI=1S/C21H15F6NO/c1-3-17(23)19(12(2)22)20(29)28-15-9-8-14(18(24)11-15)10-13-6-4-5-7-16(13)21(25,26)27/h3-9,11H,1-2,10H2,(H,28,29)/b19-17-. The van der Waals surface area contributed by atoms with E-state index in [1.807, 2.05) is 0 Å². The van der Waals surface area contributed by atoms with Gasteiger partial charge in [-0.3, -0.25) is 4.79 Å². The Morgan fingerprint density at radius 2 is 1.72 bits per heavy atom. The van der Waals surface area contributed by atoms with E-state index in [0.717, 1.165) is 12.1 Å². The molecule has 0 heterocycles. The first kappa shape index (κ1) is 22.0. The molecular formula is C21H15F6NO. The molecule has 0 aliphatic carbocycles. The van der Waals surface area contributed by atoms with Gasteiger partial charge in [0.1, 0.15) is 23.0 Å². The Balaban J connectivity index is 2.28. The molecule has 0 radical (unpaired) electrons. The highest BCUT2D eigenvalue weighted by atomic mass is 19.4. The number of rotatable bonds is 6. The maximum Gasteiger partial charge on any atom is 0.416 e. The molecule has 1 amide bonds. The SMILES string of the molecule is C=C/C(F)=C(\C(=C)F)C(=O)Nc1ccc(Cc2ccccc2C(F)(F)F)c(F)c1. The van der Waals surface area contributed by atoms with E-state index in [1.165, 1.54) is 30.3 Å². The Morgan fingerprint density at radius 1 is 1.07 bits per heavy atom. The van der Waals surface area contributed by atoms with Gasteiger partial charge in [0.05, 0.1) is 5.56 Å². The third-order valence-electron chi connectivity index (χ3n) is 3.93. The average Bonchev–Trinajstić information content (AvgIpc) is 2.63. The van der Waals surface area contributed by atoms with Crippen LogP contribution in [-0.4, -0.2) is 5.91 Å². The zero-order valence-electron chi connectivity index (χ0n) is 14.9. The van der Waals surface area contributed by atoms with E-state index in [-0.39, 0.29) is 23.2 Å². The van der Waals surface area contributed by atoms with Gasteiger partial charge in [-0.25, -0.2) is 13.2 Å². The van der Waals surface area contributed by atoms with Gasteiger partial charge in [-0.05, 0) is 35.4 Å². The van der Waals surface area contributed by atoms with Gasteiger partial charge in [0.2, 0.25) is 0 Å². The molecule has 29 heavy (non-hydrogen) atoms. The van der Waals surface area contributed by atoms with E-state index < -0.39 is 40.7 Å². The molecule has 2 aromatic rings. The summed E-state index contributed by atoms with van der Waals surface area (Å²) >= 11 is 0. The summed E-state index contributed by atoms with van der Waals surface area (Å²) < 4.78 is 80.5. The van der Waals surface area contributed by atoms with Gasteiger partial charge < -0.3 is 5.32 Å². The van der Waals surface area contributed by atoms with Crippen molar-refractivity contribution in [3.63, 3.8) is 0 Å². The number of anilines is 1. The van der Waals surface area contributed by atoms with Gasteiger partial charge in [-0.2, -0.15) is 13.2 Å². The quantitative estimate of drug-likeness (QED) is 0.339. The van der Waals surface area contributed by atoms with E-state index in [0.29, 0.717) is 6.08 Å². The van der Waals surface area contributed by atoms with Crippen LogP contribution in [0.2, 0.25) is 0 Å². The van der Waals surface area contributed by atoms with Crippen molar-refractivity contribution in [3.8, 4) is 0 Å². The highest BCUT2D eigenvalue weighted by Gasteiger charge is 2.33. The summed E-state index contributed by atoms with van der Waals surface area (Å²) in [5.74, 6) is -4.71. The average molecular weight is 411 g/mol. The number of carbonyl (C=O) groups excluding carboxylic acids is 1. The molecule has 0 fully saturated rings. The molecule has 0 spiro atoms. The van der Waals surface area contributed by atoms with E-state index in [2.05, 4.69) is 18.5 Å². The van der Waals surface area contributed by atoms with Crippen LogP contribution in [0.3, 0.4) is 0 Å². The van der Waals surface area contributed by atoms with E-state index in [1.54, 1.807) is 0 Å². The Kier molecular flexibility index (Phi) is 6.68. The maximum atomic E-state index is 14.4. The molecule has 2 rings (SSSR count).